The maximum absolute atomic E-state index is 9.17. The summed E-state index contributed by atoms with van der Waals surface area (Å²) in [5, 5.41) is 12.7. The molecule has 0 amide bonds. The van der Waals surface area contributed by atoms with Crippen molar-refractivity contribution in [1.29, 1.82) is 0 Å². The van der Waals surface area contributed by atoms with E-state index in [1.54, 1.807) is 0 Å². The number of benzene rings is 1. The van der Waals surface area contributed by atoms with E-state index < -0.39 is 0 Å². The number of fused-ring (bicyclic) bond motifs is 1. The molecule has 90 valence electrons. The molecular formula is C13H16N2O2. The molecule has 1 atom stereocenters. The number of nitrogens with zero attached hydrogens (tertiary/aromatic N) is 2. The lowest BCUT2D eigenvalue weighted by Gasteiger charge is -2.32. The molecule has 1 aromatic rings. The van der Waals surface area contributed by atoms with Crippen LogP contribution in [0.1, 0.15) is 17.2 Å². The molecule has 1 saturated heterocycles. The van der Waals surface area contributed by atoms with Gasteiger partial charge >= 0.3 is 0 Å². The third kappa shape index (κ3) is 1.83. The van der Waals surface area contributed by atoms with Crippen LogP contribution in [0.2, 0.25) is 0 Å². The number of ether oxygens (including phenoxy) is 1. The topological polar surface area (TPSA) is 45.1 Å². The summed E-state index contributed by atoms with van der Waals surface area (Å²) in [4.78, 5) is 2.34. The third-order valence-corrected chi connectivity index (χ3v) is 3.58. The molecule has 0 aromatic heterocycles. The van der Waals surface area contributed by atoms with Gasteiger partial charge in [0.25, 0.3) is 0 Å². The van der Waals surface area contributed by atoms with Gasteiger partial charge in [-0.1, -0.05) is 29.4 Å². The van der Waals surface area contributed by atoms with Gasteiger partial charge in [-0.2, -0.15) is 0 Å². The van der Waals surface area contributed by atoms with Crippen LogP contribution in [0.15, 0.2) is 29.4 Å². The molecule has 4 nitrogen and oxygen atoms in total. The summed E-state index contributed by atoms with van der Waals surface area (Å²) in [5.74, 6) is 0. The fraction of sp³-hybridized carbons (Fsp3) is 0.462. The van der Waals surface area contributed by atoms with Crippen molar-refractivity contribution in [3.8, 4) is 0 Å². The Kier molecular flexibility index (Phi) is 2.82. The van der Waals surface area contributed by atoms with Crippen LogP contribution in [0.5, 0.6) is 0 Å². The SMILES string of the molecule is O/N=C1/Cc2ccccc2[C@@H]1N1CCOCC1. The lowest BCUT2D eigenvalue weighted by molar-refractivity contribution is 0.0286. The highest BCUT2D eigenvalue weighted by molar-refractivity contribution is 5.96. The number of morpholine rings is 1. The second kappa shape index (κ2) is 4.47. The van der Waals surface area contributed by atoms with Gasteiger partial charge in [0.05, 0.1) is 25.0 Å². The Bertz CT molecular complexity index is 439. The van der Waals surface area contributed by atoms with Gasteiger partial charge in [-0.3, -0.25) is 4.90 Å². The minimum absolute atomic E-state index is 0.139. The Labute approximate surface area is 100 Å². The van der Waals surface area contributed by atoms with Gasteiger partial charge in [-0.05, 0) is 11.1 Å². The van der Waals surface area contributed by atoms with Crippen LogP contribution in [-0.4, -0.2) is 42.1 Å². The highest BCUT2D eigenvalue weighted by Gasteiger charge is 2.34. The molecule has 1 aliphatic heterocycles. The average Bonchev–Trinajstić information content (AvgIpc) is 2.78. The lowest BCUT2D eigenvalue weighted by atomic mass is 10.1. The summed E-state index contributed by atoms with van der Waals surface area (Å²) < 4.78 is 5.37. The van der Waals surface area contributed by atoms with Crippen LogP contribution in [0.3, 0.4) is 0 Å². The van der Waals surface area contributed by atoms with Crippen LogP contribution < -0.4 is 0 Å². The summed E-state index contributed by atoms with van der Waals surface area (Å²) >= 11 is 0. The molecule has 17 heavy (non-hydrogen) atoms. The maximum atomic E-state index is 9.17. The number of hydrogen-bond donors (Lipinski definition) is 1. The van der Waals surface area contributed by atoms with E-state index >= 15 is 0 Å². The van der Waals surface area contributed by atoms with E-state index in [9.17, 15) is 0 Å². The van der Waals surface area contributed by atoms with Crippen LogP contribution in [-0.2, 0) is 11.2 Å². The van der Waals surface area contributed by atoms with Crippen molar-refractivity contribution in [1.82, 2.24) is 4.90 Å². The Hall–Kier alpha value is -1.39. The fourth-order valence-corrected chi connectivity index (χ4v) is 2.77. The largest absolute Gasteiger partial charge is 0.411 e. The van der Waals surface area contributed by atoms with Gasteiger partial charge in [0.2, 0.25) is 0 Å². The summed E-state index contributed by atoms with van der Waals surface area (Å²) in [6.45, 7) is 3.32. The van der Waals surface area contributed by atoms with Gasteiger partial charge in [-0.15, -0.1) is 0 Å². The number of oxime groups is 1. The standard InChI is InChI=1S/C13H16N2O2/c16-14-12-9-10-3-1-2-4-11(10)13(12)15-5-7-17-8-6-15/h1-4,13,16H,5-9H2/b14-12-/t13-/m0/s1. The first-order chi connectivity index (χ1) is 8.40. The van der Waals surface area contributed by atoms with Crippen molar-refractivity contribution in [2.24, 2.45) is 5.16 Å². The van der Waals surface area contributed by atoms with Crippen LogP contribution >= 0.6 is 0 Å². The predicted molar refractivity (Wildman–Crippen MR) is 64.5 cm³/mol. The highest BCUT2D eigenvalue weighted by atomic mass is 16.5. The molecule has 1 aliphatic carbocycles. The summed E-state index contributed by atoms with van der Waals surface area (Å²) in [6, 6.07) is 8.47. The Morgan fingerprint density at radius 1 is 1.24 bits per heavy atom. The minimum Gasteiger partial charge on any atom is -0.411 e. The Morgan fingerprint density at radius 3 is 2.76 bits per heavy atom. The van der Waals surface area contributed by atoms with E-state index in [4.69, 9.17) is 9.94 Å². The maximum Gasteiger partial charge on any atom is 0.0831 e. The van der Waals surface area contributed by atoms with Gasteiger partial charge in [-0.25, -0.2) is 0 Å². The van der Waals surface area contributed by atoms with Crippen molar-refractivity contribution in [2.75, 3.05) is 26.3 Å². The second-order valence-corrected chi connectivity index (χ2v) is 4.52. The Morgan fingerprint density at radius 2 is 2.00 bits per heavy atom. The minimum atomic E-state index is 0.139. The zero-order valence-corrected chi connectivity index (χ0v) is 9.67. The van der Waals surface area contributed by atoms with E-state index in [1.807, 2.05) is 12.1 Å². The number of hydrogen-bond acceptors (Lipinski definition) is 4. The van der Waals surface area contributed by atoms with E-state index in [0.29, 0.717) is 0 Å². The molecule has 0 saturated carbocycles. The lowest BCUT2D eigenvalue weighted by Crippen LogP contribution is -2.40. The van der Waals surface area contributed by atoms with Crippen LogP contribution in [0, 0.1) is 0 Å². The third-order valence-electron chi connectivity index (χ3n) is 3.58. The molecule has 1 fully saturated rings. The zero-order valence-electron chi connectivity index (χ0n) is 9.67. The first kappa shape index (κ1) is 10.7. The van der Waals surface area contributed by atoms with E-state index in [1.165, 1.54) is 11.1 Å². The number of rotatable bonds is 1. The fourth-order valence-electron chi connectivity index (χ4n) is 2.77. The van der Waals surface area contributed by atoms with Gasteiger partial charge in [0.15, 0.2) is 0 Å². The summed E-state index contributed by atoms with van der Waals surface area (Å²) in [6.07, 6.45) is 0.759. The first-order valence-electron chi connectivity index (χ1n) is 6.00. The second-order valence-electron chi connectivity index (χ2n) is 4.52. The molecule has 0 spiro atoms. The Balaban J connectivity index is 1.95. The summed E-state index contributed by atoms with van der Waals surface area (Å²) in [5.41, 5.74) is 3.41. The van der Waals surface area contributed by atoms with Crippen molar-refractivity contribution in [2.45, 2.75) is 12.5 Å². The van der Waals surface area contributed by atoms with Gasteiger partial charge in [0.1, 0.15) is 0 Å². The van der Waals surface area contributed by atoms with Crippen molar-refractivity contribution in [3.05, 3.63) is 35.4 Å². The first-order valence-corrected chi connectivity index (χ1v) is 6.00. The van der Waals surface area contributed by atoms with Crippen molar-refractivity contribution >= 4 is 5.71 Å². The normalized spacial score (nSPS) is 27.3. The average molecular weight is 232 g/mol. The monoisotopic (exact) mass is 232 g/mol. The van der Waals surface area contributed by atoms with Crippen molar-refractivity contribution in [3.63, 3.8) is 0 Å². The molecular weight excluding hydrogens is 216 g/mol. The van der Waals surface area contributed by atoms with E-state index in [-0.39, 0.29) is 6.04 Å². The molecule has 4 heteroatoms. The molecule has 1 aromatic carbocycles. The van der Waals surface area contributed by atoms with Crippen molar-refractivity contribution < 1.29 is 9.94 Å². The van der Waals surface area contributed by atoms with Crippen LogP contribution in [0.25, 0.3) is 0 Å². The van der Waals surface area contributed by atoms with Gasteiger partial charge in [0, 0.05) is 19.5 Å². The molecule has 0 bridgehead atoms. The predicted octanol–water partition coefficient (Wildman–Crippen LogP) is 1.45. The van der Waals surface area contributed by atoms with Gasteiger partial charge < -0.3 is 9.94 Å². The molecule has 0 radical (unpaired) electrons. The quantitative estimate of drug-likeness (QED) is 0.588. The molecule has 2 aliphatic rings. The molecule has 1 heterocycles. The van der Waals surface area contributed by atoms with Crippen LogP contribution in [0.4, 0.5) is 0 Å². The molecule has 1 N–H and O–H groups in total. The van der Waals surface area contributed by atoms with E-state index in [2.05, 4.69) is 22.2 Å². The molecule has 0 unspecified atom stereocenters. The highest BCUT2D eigenvalue weighted by Crippen LogP contribution is 2.34. The zero-order chi connectivity index (χ0) is 11.7. The smallest absolute Gasteiger partial charge is 0.0831 e. The van der Waals surface area contributed by atoms with E-state index in [0.717, 1.165) is 38.4 Å². The summed E-state index contributed by atoms with van der Waals surface area (Å²) in [7, 11) is 0. The molecule has 3 rings (SSSR count).